The molecule has 3 saturated heterocycles. The van der Waals surface area contributed by atoms with Crippen molar-refractivity contribution in [3.05, 3.63) is 166 Å². The maximum Gasteiger partial charge on any atom is 0.344 e. The number of carbonyl (C=O) groups is 1. The number of nitrogens with zero attached hydrogens (tertiary/aromatic N) is 5. The molecule has 3 N–H and O–H groups in total. The van der Waals surface area contributed by atoms with Crippen molar-refractivity contribution in [2.75, 3.05) is 74.2 Å². The van der Waals surface area contributed by atoms with Crippen molar-refractivity contribution in [3.63, 3.8) is 0 Å². The number of benzene rings is 5. The summed E-state index contributed by atoms with van der Waals surface area (Å²) in [6, 6.07) is 35.2. The fourth-order valence-electron chi connectivity index (χ4n) is 8.56. The molecule has 436 valence electrons. The topological polar surface area (TPSA) is 244 Å². The fourth-order valence-corrected chi connectivity index (χ4v) is 9.24. The van der Waals surface area contributed by atoms with Crippen molar-refractivity contribution in [3.8, 4) is 40.2 Å². The number of fused-ring (bicyclic) bond motifs is 5. The van der Waals surface area contributed by atoms with Crippen molar-refractivity contribution >= 4 is 95.3 Å². The van der Waals surface area contributed by atoms with Gasteiger partial charge in [-0.25, -0.2) is 19.7 Å². The van der Waals surface area contributed by atoms with E-state index < -0.39 is 6.29 Å². The Labute approximate surface area is 496 Å². The Bertz CT molecular complexity index is 3900. The largest absolute Gasteiger partial charge is 0.508 e. The fraction of sp³-hybridized carbons (Fsp3) is 0.246. The van der Waals surface area contributed by atoms with Crippen molar-refractivity contribution in [2.24, 2.45) is 0 Å². The number of ether oxygens (including phenoxy) is 11. The minimum Gasteiger partial charge on any atom is -0.508 e. The summed E-state index contributed by atoms with van der Waals surface area (Å²) in [4.78, 5) is 32.6. The second kappa shape index (κ2) is 28.9. The lowest BCUT2D eigenvalue weighted by Gasteiger charge is -2.11. The molecule has 84 heavy (non-hydrogen) atoms. The minimum absolute atomic E-state index is 0.110. The molecule has 0 unspecified atom stereocenters. The molecule has 13 rings (SSSR count). The summed E-state index contributed by atoms with van der Waals surface area (Å²) in [5, 5.41) is 33.5. The lowest BCUT2D eigenvalue weighted by molar-refractivity contribution is -0.145. The van der Waals surface area contributed by atoms with Gasteiger partial charge in [0.2, 0.25) is 0 Å². The number of aromatic hydroxyl groups is 3. The monoisotopic (exact) mass is 1200 g/mol. The van der Waals surface area contributed by atoms with Gasteiger partial charge < -0.3 is 67.4 Å². The summed E-state index contributed by atoms with van der Waals surface area (Å²) in [7, 11) is 4.72. The van der Waals surface area contributed by atoms with E-state index in [1.54, 1.807) is 100 Å². The Morgan fingerprint density at radius 1 is 0.476 bits per heavy atom. The Kier molecular flexibility index (Phi) is 20.8. The van der Waals surface area contributed by atoms with Crippen molar-refractivity contribution in [2.45, 2.75) is 25.8 Å². The highest BCUT2D eigenvalue weighted by molar-refractivity contribution is 6.32. The highest BCUT2D eigenvalue weighted by Crippen LogP contribution is 2.34. The second-order valence-corrected chi connectivity index (χ2v) is 19.3. The van der Waals surface area contributed by atoms with Crippen LogP contribution in [0.5, 0.6) is 40.2 Å². The summed E-state index contributed by atoms with van der Waals surface area (Å²) in [5.74, 6) is 2.69. The molecule has 8 heterocycles. The van der Waals surface area contributed by atoms with Crippen LogP contribution in [0.4, 0.5) is 0 Å². The average molecular weight is 1210 g/mol. The van der Waals surface area contributed by atoms with Crippen LogP contribution in [0.25, 0.3) is 54.5 Å². The van der Waals surface area contributed by atoms with Crippen LogP contribution in [0, 0.1) is 0 Å². The van der Waals surface area contributed by atoms with Gasteiger partial charge in [0.25, 0.3) is 0 Å². The molecule has 0 atom stereocenters. The molecule has 10 aromatic rings. The lowest BCUT2D eigenvalue weighted by atomic mass is 10.1. The third-order valence-electron chi connectivity index (χ3n) is 12.6. The summed E-state index contributed by atoms with van der Waals surface area (Å²) in [5.41, 5.74) is 6.42. The number of pyridine rings is 5. The number of aromatic nitrogens is 5. The number of rotatable bonds is 10. The molecule has 20 nitrogen and oxygen atoms in total. The van der Waals surface area contributed by atoms with Crippen LogP contribution in [0.3, 0.4) is 0 Å². The van der Waals surface area contributed by atoms with Gasteiger partial charge in [0, 0.05) is 56.0 Å². The normalized spacial score (nSPS) is 14.2. The number of esters is 1. The SMILES string of the molecule is CCOC(=O)COc1ccc2ncc(C3OCCO3)cc2c1.COc1cc2cc(O)ccc2nc1Cl.COc1ccc2nc(Cl)c(OC)cc2c1.Oc1ccc2nc(Cl)c(C3OCCO3)cc2c1.Oc1ccc2ncc(C3OCCO3)cc2c1. The van der Waals surface area contributed by atoms with E-state index >= 15 is 0 Å². The summed E-state index contributed by atoms with van der Waals surface area (Å²) >= 11 is 17.8. The lowest BCUT2D eigenvalue weighted by Crippen LogP contribution is -2.14. The molecule has 0 radical (unpaired) electrons. The Morgan fingerprint density at radius 3 is 1.36 bits per heavy atom. The first-order valence-corrected chi connectivity index (χ1v) is 27.2. The molecule has 0 bridgehead atoms. The maximum atomic E-state index is 11.3. The molecule has 23 heteroatoms. The zero-order chi connectivity index (χ0) is 59.1. The van der Waals surface area contributed by atoms with Crippen molar-refractivity contribution in [1.29, 1.82) is 0 Å². The number of phenolic OH excluding ortho intramolecular Hbond substituents is 3. The number of hydrogen-bond acceptors (Lipinski definition) is 20. The molecule has 0 saturated carbocycles. The van der Waals surface area contributed by atoms with Crippen LogP contribution >= 0.6 is 34.8 Å². The molecule has 3 aliphatic rings. The Hall–Kier alpha value is -8.15. The minimum atomic E-state index is -0.457. The highest BCUT2D eigenvalue weighted by Gasteiger charge is 2.23. The molecule has 0 aliphatic carbocycles. The van der Waals surface area contributed by atoms with Gasteiger partial charge in [0.15, 0.2) is 47.3 Å². The second-order valence-electron chi connectivity index (χ2n) is 18.2. The smallest absolute Gasteiger partial charge is 0.344 e. The van der Waals surface area contributed by atoms with Gasteiger partial charge in [0.1, 0.15) is 33.9 Å². The Balaban J connectivity index is 0.000000127. The molecule has 5 aromatic carbocycles. The molecule has 5 aromatic heterocycles. The van der Waals surface area contributed by atoms with Crippen LogP contribution < -0.4 is 18.9 Å². The van der Waals surface area contributed by atoms with Gasteiger partial charge in [-0.05, 0) is 128 Å². The predicted molar refractivity (Wildman–Crippen MR) is 314 cm³/mol. The summed E-state index contributed by atoms with van der Waals surface area (Å²) in [6.07, 6.45) is 2.36. The van der Waals surface area contributed by atoms with Crippen LogP contribution in [0.2, 0.25) is 15.5 Å². The van der Waals surface area contributed by atoms with E-state index in [0.29, 0.717) is 84.5 Å². The maximum absolute atomic E-state index is 11.3. The number of carbonyl (C=O) groups excluding carboxylic acids is 1. The van der Waals surface area contributed by atoms with Crippen molar-refractivity contribution < 1.29 is 72.2 Å². The van der Waals surface area contributed by atoms with Gasteiger partial charge in [-0.2, -0.15) is 0 Å². The molecular formula is C61H56Cl3N5O15. The van der Waals surface area contributed by atoms with Crippen LogP contribution in [-0.4, -0.2) is 120 Å². The van der Waals surface area contributed by atoms with Gasteiger partial charge in [-0.15, -0.1) is 0 Å². The van der Waals surface area contributed by atoms with E-state index in [1.165, 1.54) is 7.11 Å². The zero-order valence-corrected chi connectivity index (χ0v) is 48.0. The van der Waals surface area contributed by atoms with Gasteiger partial charge in [-0.3, -0.25) is 9.97 Å². The number of phenols is 3. The zero-order valence-electron chi connectivity index (χ0n) is 45.7. The number of halogens is 3. The van der Waals surface area contributed by atoms with Crippen LogP contribution in [-0.2, 0) is 38.0 Å². The summed E-state index contributed by atoms with van der Waals surface area (Å²) in [6.45, 7) is 5.50. The Morgan fingerprint density at radius 2 is 0.869 bits per heavy atom. The van der Waals surface area contributed by atoms with Gasteiger partial charge in [-0.1, -0.05) is 34.8 Å². The van der Waals surface area contributed by atoms with E-state index in [9.17, 15) is 20.1 Å². The molecule has 3 aliphatic heterocycles. The first-order chi connectivity index (χ1) is 40.8. The standard InChI is InChI=1S/C16H17NO5.C12H10ClNO3.C12H11NO3.C11H10ClNO2.C10H8ClNO2/c1-2-19-15(18)10-22-13-3-4-14-11(8-13)7-12(9-17-14)16-20-5-6-21-16;13-11-9(12-16-3-4-17-12)6-7-5-8(15)1-2-10(7)14-11;14-10-1-2-11-8(6-10)5-9(7-13-11)12-15-3-4-16-12;1-14-8-3-4-9-7(5-8)6-10(15-2)11(12)13-9;1-14-9-5-6-4-7(13)2-3-8(6)12-10(9)11/h3-4,7-9,16H,2,5-6,10H2,1H3;1-2,5-6,12,15H,3-4H2;1-2,5-7,12,14H,3-4H2;3-6H,1-2H3;2-5,13H,1H3. The van der Waals surface area contributed by atoms with E-state index in [0.717, 1.165) is 71.4 Å². The summed E-state index contributed by atoms with van der Waals surface area (Å²) < 4.78 is 58.0. The molecule has 3 fully saturated rings. The van der Waals surface area contributed by atoms with Crippen LogP contribution in [0.1, 0.15) is 42.5 Å². The quantitative estimate of drug-likeness (QED) is 0.0851. The van der Waals surface area contributed by atoms with E-state index in [1.807, 2.05) is 54.6 Å². The van der Waals surface area contributed by atoms with E-state index in [-0.39, 0.29) is 42.4 Å². The average Bonchev–Trinajstić information content (AvgIpc) is 4.40. The third-order valence-corrected chi connectivity index (χ3v) is 13.4. The van der Waals surface area contributed by atoms with Gasteiger partial charge >= 0.3 is 5.97 Å². The first kappa shape index (κ1) is 60.4. The first-order valence-electron chi connectivity index (χ1n) is 26.0. The van der Waals surface area contributed by atoms with Crippen molar-refractivity contribution in [1.82, 2.24) is 24.9 Å². The third kappa shape index (κ3) is 15.7. The number of hydrogen-bond donors (Lipinski definition) is 3. The highest BCUT2D eigenvalue weighted by atomic mass is 35.5. The molecule has 0 amide bonds. The van der Waals surface area contributed by atoms with Gasteiger partial charge in [0.05, 0.1) is 95.2 Å². The molecular weight excluding hydrogens is 1150 g/mol. The van der Waals surface area contributed by atoms with E-state index in [4.69, 9.17) is 86.9 Å². The van der Waals surface area contributed by atoms with E-state index in [2.05, 4.69) is 24.9 Å². The number of methoxy groups -OCH3 is 3. The van der Waals surface area contributed by atoms with Crippen LogP contribution in [0.15, 0.2) is 134 Å². The molecule has 0 spiro atoms. The predicted octanol–water partition coefficient (Wildman–Crippen LogP) is 12.4.